The van der Waals surface area contributed by atoms with Crippen molar-refractivity contribution >= 4 is 15.9 Å². The molecular formula is C20H23F2N3O3S. The average Bonchev–Trinajstić information content (AvgIpc) is 2.72. The fourth-order valence-electron chi connectivity index (χ4n) is 3.26. The summed E-state index contributed by atoms with van der Waals surface area (Å²) in [6, 6.07) is 11.0. The third-order valence-corrected chi connectivity index (χ3v) is 7.00. The average molecular weight is 423 g/mol. The van der Waals surface area contributed by atoms with Gasteiger partial charge in [-0.2, -0.15) is 4.31 Å². The molecule has 1 aliphatic rings. The Kier molecular flexibility index (Phi) is 6.61. The van der Waals surface area contributed by atoms with E-state index in [-0.39, 0.29) is 36.3 Å². The first-order valence-electron chi connectivity index (χ1n) is 9.30. The molecule has 1 atom stereocenters. The summed E-state index contributed by atoms with van der Waals surface area (Å²) >= 11 is 0. The summed E-state index contributed by atoms with van der Waals surface area (Å²) in [5.41, 5.74) is 0.397. The molecule has 2 aromatic carbocycles. The molecule has 1 aliphatic heterocycles. The van der Waals surface area contributed by atoms with Crippen molar-refractivity contribution in [2.24, 2.45) is 0 Å². The Hall–Kier alpha value is -2.36. The van der Waals surface area contributed by atoms with Gasteiger partial charge < -0.3 is 5.32 Å². The third-order valence-electron chi connectivity index (χ3n) is 5.07. The summed E-state index contributed by atoms with van der Waals surface area (Å²) in [4.78, 5) is 13.9. The van der Waals surface area contributed by atoms with Crippen molar-refractivity contribution in [3.8, 4) is 0 Å². The van der Waals surface area contributed by atoms with E-state index in [2.05, 4.69) is 5.32 Å². The van der Waals surface area contributed by atoms with E-state index < -0.39 is 21.9 Å². The number of benzene rings is 2. The molecule has 2 aromatic rings. The highest BCUT2D eigenvalue weighted by molar-refractivity contribution is 7.89. The minimum absolute atomic E-state index is 0.0808. The van der Waals surface area contributed by atoms with Crippen LogP contribution in [0.5, 0.6) is 0 Å². The summed E-state index contributed by atoms with van der Waals surface area (Å²) in [5.74, 6) is -1.43. The largest absolute Gasteiger partial charge is 0.351 e. The van der Waals surface area contributed by atoms with Gasteiger partial charge in [0.05, 0.1) is 6.04 Å². The van der Waals surface area contributed by atoms with Gasteiger partial charge in [-0.15, -0.1) is 0 Å². The number of rotatable bonds is 6. The lowest BCUT2D eigenvalue weighted by atomic mass is 10.2. The highest BCUT2D eigenvalue weighted by Crippen LogP contribution is 2.21. The minimum atomic E-state index is -3.92. The van der Waals surface area contributed by atoms with Crippen LogP contribution < -0.4 is 5.32 Å². The maximum atomic E-state index is 13.9. The zero-order valence-corrected chi connectivity index (χ0v) is 16.8. The molecule has 0 aliphatic carbocycles. The Balaban J connectivity index is 1.56. The summed E-state index contributed by atoms with van der Waals surface area (Å²) in [6.07, 6.45) is 0. The second-order valence-corrected chi connectivity index (χ2v) is 8.76. The van der Waals surface area contributed by atoms with Crippen LogP contribution in [0.1, 0.15) is 12.5 Å². The molecule has 6 nitrogen and oxygen atoms in total. The van der Waals surface area contributed by atoms with Crippen molar-refractivity contribution in [3.63, 3.8) is 0 Å². The highest BCUT2D eigenvalue weighted by atomic mass is 32.2. The number of hydrogen-bond acceptors (Lipinski definition) is 4. The molecule has 3 rings (SSSR count). The lowest BCUT2D eigenvalue weighted by Crippen LogP contribution is -2.54. The van der Waals surface area contributed by atoms with E-state index >= 15 is 0 Å². The van der Waals surface area contributed by atoms with Crippen LogP contribution in [0.4, 0.5) is 8.78 Å². The van der Waals surface area contributed by atoms with Crippen LogP contribution in [0, 0.1) is 11.6 Å². The SMILES string of the molecule is CC(C(=O)NCc1ccccc1F)N1CCN(S(=O)(=O)c2ccccc2F)CC1. The van der Waals surface area contributed by atoms with Crippen LogP contribution in [-0.4, -0.2) is 55.8 Å². The lowest BCUT2D eigenvalue weighted by Gasteiger charge is -2.36. The van der Waals surface area contributed by atoms with E-state index in [1.54, 1.807) is 25.1 Å². The Labute approximate surface area is 169 Å². The molecule has 0 saturated carbocycles. The first-order chi connectivity index (χ1) is 13.8. The molecule has 1 N–H and O–H groups in total. The van der Waals surface area contributed by atoms with E-state index in [4.69, 9.17) is 0 Å². The van der Waals surface area contributed by atoms with Gasteiger partial charge >= 0.3 is 0 Å². The van der Waals surface area contributed by atoms with Crippen LogP contribution >= 0.6 is 0 Å². The molecule has 1 amide bonds. The lowest BCUT2D eigenvalue weighted by molar-refractivity contribution is -0.126. The molecule has 0 aromatic heterocycles. The Bertz CT molecular complexity index is 976. The number of sulfonamides is 1. The van der Waals surface area contributed by atoms with E-state index in [9.17, 15) is 22.0 Å². The maximum Gasteiger partial charge on any atom is 0.246 e. The van der Waals surface area contributed by atoms with Gasteiger partial charge in [0, 0.05) is 38.3 Å². The quantitative estimate of drug-likeness (QED) is 0.772. The number of nitrogens with zero attached hydrogens (tertiary/aromatic N) is 2. The molecule has 1 unspecified atom stereocenters. The second kappa shape index (κ2) is 8.98. The zero-order chi connectivity index (χ0) is 21.0. The van der Waals surface area contributed by atoms with Gasteiger partial charge in [0.15, 0.2) is 0 Å². The Morgan fingerprint density at radius 2 is 1.59 bits per heavy atom. The van der Waals surface area contributed by atoms with Crippen molar-refractivity contribution in [2.75, 3.05) is 26.2 Å². The topological polar surface area (TPSA) is 69.7 Å². The van der Waals surface area contributed by atoms with Crippen LogP contribution in [0.25, 0.3) is 0 Å². The number of hydrogen-bond donors (Lipinski definition) is 1. The van der Waals surface area contributed by atoms with Crippen molar-refractivity contribution in [2.45, 2.75) is 24.4 Å². The summed E-state index contributed by atoms with van der Waals surface area (Å²) < 4.78 is 54.1. The number of carbonyl (C=O) groups is 1. The molecular weight excluding hydrogens is 400 g/mol. The molecule has 156 valence electrons. The van der Waals surface area contributed by atoms with E-state index in [0.717, 1.165) is 6.07 Å². The summed E-state index contributed by atoms with van der Waals surface area (Å²) in [5, 5.41) is 2.71. The molecule has 9 heteroatoms. The monoisotopic (exact) mass is 423 g/mol. The van der Waals surface area contributed by atoms with Gasteiger partial charge in [0.1, 0.15) is 16.5 Å². The fraction of sp³-hybridized carbons (Fsp3) is 0.350. The zero-order valence-electron chi connectivity index (χ0n) is 16.0. The van der Waals surface area contributed by atoms with Crippen molar-refractivity contribution < 1.29 is 22.0 Å². The Morgan fingerprint density at radius 1 is 1.00 bits per heavy atom. The predicted octanol–water partition coefficient (Wildman–Crippen LogP) is 1.98. The molecule has 0 spiro atoms. The number of halogens is 2. The number of carbonyl (C=O) groups excluding carboxylic acids is 1. The number of amides is 1. The van der Waals surface area contributed by atoms with Crippen LogP contribution in [0.2, 0.25) is 0 Å². The third kappa shape index (κ3) is 4.80. The normalized spacial score (nSPS) is 17.1. The molecule has 1 heterocycles. The summed E-state index contributed by atoms with van der Waals surface area (Å²) in [7, 11) is -3.92. The van der Waals surface area contributed by atoms with E-state index in [1.165, 1.54) is 28.6 Å². The van der Waals surface area contributed by atoms with Crippen LogP contribution in [-0.2, 0) is 21.4 Å². The van der Waals surface area contributed by atoms with Gasteiger partial charge in [-0.05, 0) is 25.1 Å². The molecule has 1 saturated heterocycles. The smallest absolute Gasteiger partial charge is 0.246 e. The van der Waals surface area contributed by atoms with Gasteiger partial charge in [-0.3, -0.25) is 9.69 Å². The first-order valence-corrected chi connectivity index (χ1v) is 10.7. The number of nitrogens with one attached hydrogen (secondary N) is 1. The fourth-order valence-corrected chi connectivity index (χ4v) is 4.75. The van der Waals surface area contributed by atoms with E-state index in [1.807, 2.05) is 4.90 Å². The molecule has 0 radical (unpaired) electrons. The van der Waals surface area contributed by atoms with Crippen molar-refractivity contribution in [3.05, 3.63) is 65.7 Å². The van der Waals surface area contributed by atoms with E-state index in [0.29, 0.717) is 18.7 Å². The predicted molar refractivity (Wildman–Crippen MR) is 104 cm³/mol. The van der Waals surface area contributed by atoms with Crippen molar-refractivity contribution in [1.29, 1.82) is 0 Å². The van der Waals surface area contributed by atoms with Gasteiger partial charge in [0.25, 0.3) is 0 Å². The highest BCUT2D eigenvalue weighted by Gasteiger charge is 2.33. The minimum Gasteiger partial charge on any atom is -0.351 e. The van der Waals surface area contributed by atoms with Gasteiger partial charge in [-0.1, -0.05) is 30.3 Å². The van der Waals surface area contributed by atoms with Crippen LogP contribution in [0.15, 0.2) is 53.4 Å². The first kappa shape index (κ1) is 21.4. The molecule has 1 fully saturated rings. The molecule has 29 heavy (non-hydrogen) atoms. The molecule has 0 bridgehead atoms. The summed E-state index contributed by atoms with van der Waals surface area (Å²) in [6.45, 7) is 2.78. The Morgan fingerprint density at radius 3 is 2.21 bits per heavy atom. The van der Waals surface area contributed by atoms with Crippen molar-refractivity contribution in [1.82, 2.24) is 14.5 Å². The van der Waals surface area contributed by atoms with Crippen LogP contribution in [0.3, 0.4) is 0 Å². The second-order valence-electron chi connectivity index (χ2n) is 6.86. The maximum absolute atomic E-state index is 13.9. The standard InChI is InChI=1S/C20H23F2N3O3S/c1-15(20(26)23-14-16-6-2-3-7-17(16)21)24-10-12-25(13-11-24)29(27,28)19-9-5-4-8-18(19)22/h2-9,15H,10-14H2,1H3,(H,23,26). The van der Waals surface area contributed by atoms with Gasteiger partial charge in [0.2, 0.25) is 15.9 Å². The van der Waals surface area contributed by atoms with Gasteiger partial charge in [-0.25, -0.2) is 17.2 Å². The number of piperazine rings is 1.